The van der Waals surface area contributed by atoms with Gasteiger partial charge in [0.25, 0.3) is 0 Å². The Balaban J connectivity index is 3.43. The second kappa shape index (κ2) is 2.64. The van der Waals surface area contributed by atoms with Crippen LogP contribution in [-0.4, -0.2) is 16.6 Å². The Bertz CT molecular complexity index is 285. The molecule has 0 aromatic carbocycles. The van der Waals surface area contributed by atoms with E-state index in [1.165, 1.54) is 0 Å². The Hall–Kier alpha value is -1.12. The van der Waals surface area contributed by atoms with Crippen LogP contribution in [0.1, 0.15) is 5.69 Å². The molecule has 0 N–H and O–H groups in total. The fourth-order valence-corrected chi connectivity index (χ4v) is 0.776. The standard InChI is InChI=1S/C7H11N3/c1-6-4-5-9-7(8-2)10(6)3/h4-5H,1-3H3. The fraction of sp³-hybridized carbons (Fsp3) is 0.429. The molecule has 0 aliphatic carbocycles. The summed E-state index contributed by atoms with van der Waals surface area (Å²) in [7, 11) is 3.69. The molecule has 0 saturated carbocycles. The third kappa shape index (κ3) is 1.07. The van der Waals surface area contributed by atoms with Crippen molar-refractivity contribution in [2.75, 3.05) is 7.05 Å². The molecular formula is C7H11N3. The first-order chi connectivity index (χ1) is 4.75. The van der Waals surface area contributed by atoms with E-state index in [2.05, 4.69) is 9.98 Å². The number of aryl methyl sites for hydroxylation is 1. The molecule has 3 nitrogen and oxygen atoms in total. The predicted molar refractivity (Wildman–Crippen MR) is 39.4 cm³/mol. The minimum absolute atomic E-state index is 0.764. The van der Waals surface area contributed by atoms with Crippen LogP contribution in [0.2, 0.25) is 0 Å². The number of aromatic nitrogens is 2. The molecule has 0 saturated heterocycles. The highest BCUT2D eigenvalue weighted by molar-refractivity contribution is 4.95. The molecule has 0 unspecified atom stereocenters. The van der Waals surface area contributed by atoms with E-state index in [1.54, 1.807) is 13.2 Å². The molecule has 3 heteroatoms. The molecule has 10 heavy (non-hydrogen) atoms. The van der Waals surface area contributed by atoms with Crippen LogP contribution < -0.4 is 5.62 Å². The summed E-state index contributed by atoms with van der Waals surface area (Å²) < 4.78 is 1.94. The maximum atomic E-state index is 4.05. The Morgan fingerprint density at radius 2 is 2.30 bits per heavy atom. The zero-order valence-electron chi connectivity index (χ0n) is 6.50. The zero-order chi connectivity index (χ0) is 7.56. The van der Waals surface area contributed by atoms with Crippen molar-refractivity contribution in [2.24, 2.45) is 12.0 Å². The van der Waals surface area contributed by atoms with E-state index in [4.69, 9.17) is 0 Å². The van der Waals surface area contributed by atoms with Gasteiger partial charge in [-0.1, -0.05) is 0 Å². The summed E-state index contributed by atoms with van der Waals surface area (Å²) in [5.74, 6) is 0. The lowest BCUT2D eigenvalue weighted by Crippen LogP contribution is -2.22. The first-order valence-corrected chi connectivity index (χ1v) is 3.17. The van der Waals surface area contributed by atoms with Crippen LogP contribution in [0.5, 0.6) is 0 Å². The second-order valence-electron chi connectivity index (χ2n) is 2.17. The normalized spacial score (nSPS) is 12.1. The van der Waals surface area contributed by atoms with Gasteiger partial charge >= 0.3 is 0 Å². The van der Waals surface area contributed by atoms with Crippen LogP contribution in [0.25, 0.3) is 0 Å². The average molecular weight is 137 g/mol. The van der Waals surface area contributed by atoms with E-state index >= 15 is 0 Å². The lowest BCUT2D eigenvalue weighted by atomic mass is 10.4. The highest BCUT2D eigenvalue weighted by Gasteiger charge is 1.88. The summed E-state index contributed by atoms with van der Waals surface area (Å²) in [5, 5.41) is 0. The minimum atomic E-state index is 0.764. The molecule has 0 bridgehead atoms. The third-order valence-electron chi connectivity index (χ3n) is 1.53. The predicted octanol–water partition coefficient (Wildman–Crippen LogP) is 0.259. The molecule has 0 spiro atoms. The maximum Gasteiger partial charge on any atom is 0.224 e. The molecule has 0 aliphatic heterocycles. The average Bonchev–Trinajstić information content (AvgIpc) is 1.95. The van der Waals surface area contributed by atoms with Gasteiger partial charge in [-0.15, -0.1) is 0 Å². The molecule has 0 radical (unpaired) electrons. The summed E-state index contributed by atoms with van der Waals surface area (Å²) in [6, 6.07) is 1.95. The van der Waals surface area contributed by atoms with Crippen molar-refractivity contribution in [3.63, 3.8) is 0 Å². The molecular weight excluding hydrogens is 126 g/mol. The molecule has 1 aromatic heterocycles. The molecule has 0 fully saturated rings. The van der Waals surface area contributed by atoms with Gasteiger partial charge < -0.3 is 4.57 Å². The highest BCUT2D eigenvalue weighted by atomic mass is 15.1. The molecule has 0 amide bonds. The van der Waals surface area contributed by atoms with Crippen molar-refractivity contribution in [1.82, 2.24) is 9.55 Å². The number of hydrogen-bond donors (Lipinski definition) is 0. The zero-order valence-corrected chi connectivity index (χ0v) is 6.50. The van der Waals surface area contributed by atoms with E-state index in [0.717, 1.165) is 11.3 Å². The Morgan fingerprint density at radius 1 is 1.60 bits per heavy atom. The largest absolute Gasteiger partial charge is 0.318 e. The van der Waals surface area contributed by atoms with Gasteiger partial charge in [-0.25, -0.2) is 4.98 Å². The van der Waals surface area contributed by atoms with Gasteiger partial charge in [-0.05, 0) is 13.0 Å². The third-order valence-corrected chi connectivity index (χ3v) is 1.53. The molecule has 1 rings (SSSR count). The monoisotopic (exact) mass is 137 g/mol. The van der Waals surface area contributed by atoms with E-state index in [-0.39, 0.29) is 0 Å². The SMILES string of the molecule is CN=c1nccc(C)n1C. The summed E-state index contributed by atoms with van der Waals surface area (Å²) in [5.41, 5.74) is 1.93. The summed E-state index contributed by atoms with van der Waals surface area (Å²) in [4.78, 5) is 8.04. The van der Waals surface area contributed by atoms with Gasteiger partial charge in [0.15, 0.2) is 0 Å². The molecule has 1 heterocycles. The van der Waals surface area contributed by atoms with E-state index in [9.17, 15) is 0 Å². The highest BCUT2D eigenvalue weighted by Crippen LogP contribution is 1.85. The van der Waals surface area contributed by atoms with Gasteiger partial charge in [-0.2, -0.15) is 0 Å². The van der Waals surface area contributed by atoms with E-state index in [0.29, 0.717) is 0 Å². The van der Waals surface area contributed by atoms with Crippen LogP contribution in [0.15, 0.2) is 17.3 Å². The van der Waals surface area contributed by atoms with Crippen molar-refractivity contribution in [1.29, 1.82) is 0 Å². The van der Waals surface area contributed by atoms with Gasteiger partial charge in [0, 0.05) is 26.0 Å². The minimum Gasteiger partial charge on any atom is -0.318 e. The van der Waals surface area contributed by atoms with Crippen molar-refractivity contribution in [3.8, 4) is 0 Å². The molecule has 1 aromatic rings. The lowest BCUT2D eigenvalue weighted by Gasteiger charge is -2.00. The fourth-order valence-electron chi connectivity index (χ4n) is 0.776. The summed E-state index contributed by atoms with van der Waals surface area (Å²) in [6.45, 7) is 2.02. The second-order valence-corrected chi connectivity index (χ2v) is 2.17. The molecule has 0 aliphatic rings. The van der Waals surface area contributed by atoms with E-state index < -0.39 is 0 Å². The van der Waals surface area contributed by atoms with Crippen LogP contribution in [0.3, 0.4) is 0 Å². The van der Waals surface area contributed by atoms with Gasteiger partial charge in [0.05, 0.1) is 0 Å². The van der Waals surface area contributed by atoms with Crippen molar-refractivity contribution >= 4 is 0 Å². The smallest absolute Gasteiger partial charge is 0.224 e. The van der Waals surface area contributed by atoms with Crippen LogP contribution >= 0.6 is 0 Å². The van der Waals surface area contributed by atoms with Gasteiger partial charge in [0.2, 0.25) is 5.62 Å². The summed E-state index contributed by atoms with van der Waals surface area (Å²) >= 11 is 0. The number of rotatable bonds is 0. The Labute approximate surface area is 60.1 Å². The Morgan fingerprint density at radius 3 is 2.80 bits per heavy atom. The maximum absolute atomic E-state index is 4.05. The molecule has 54 valence electrons. The lowest BCUT2D eigenvalue weighted by molar-refractivity contribution is 0.744. The quantitative estimate of drug-likeness (QED) is 0.504. The van der Waals surface area contributed by atoms with Crippen molar-refractivity contribution in [2.45, 2.75) is 6.92 Å². The first-order valence-electron chi connectivity index (χ1n) is 3.17. The van der Waals surface area contributed by atoms with Crippen molar-refractivity contribution < 1.29 is 0 Å². The van der Waals surface area contributed by atoms with Gasteiger partial charge in [0.1, 0.15) is 0 Å². The number of hydrogen-bond acceptors (Lipinski definition) is 2. The van der Waals surface area contributed by atoms with Gasteiger partial charge in [-0.3, -0.25) is 4.99 Å². The summed E-state index contributed by atoms with van der Waals surface area (Å²) in [6.07, 6.45) is 1.76. The molecule has 0 atom stereocenters. The topological polar surface area (TPSA) is 30.2 Å². The van der Waals surface area contributed by atoms with Crippen molar-refractivity contribution in [3.05, 3.63) is 23.6 Å². The first kappa shape index (κ1) is 6.99. The number of nitrogens with zero attached hydrogens (tertiary/aromatic N) is 3. The Kier molecular flexibility index (Phi) is 1.85. The van der Waals surface area contributed by atoms with E-state index in [1.807, 2.05) is 24.6 Å². The van der Waals surface area contributed by atoms with Crippen LogP contribution in [0.4, 0.5) is 0 Å². The van der Waals surface area contributed by atoms with Crippen LogP contribution in [-0.2, 0) is 7.05 Å². The van der Waals surface area contributed by atoms with Crippen LogP contribution in [0, 0.1) is 6.92 Å².